The zero-order chi connectivity index (χ0) is 16.4. The van der Waals surface area contributed by atoms with Crippen LogP contribution in [0.2, 0.25) is 0 Å². The lowest BCUT2D eigenvalue weighted by atomic mass is 9.99. The summed E-state index contributed by atoms with van der Waals surface area (Å²) in [6, 6.07) is 24.5. The Morgan fingerprint density at radius 2 is 1.62 bits per heavy atom. The number of H-pyrrole nitrogens is 1. The molecule has 0 bridgehead atoms. The monoisotopic (exact) mass is 315 g/mol. The Morgan fingerprint density at radius 1 is 0.875 bits per heavy atom. The van der Waals surface area contributed by atoms with Gasteiger partial charge in [0.15, 0.2) is 0 Å². The van der Waals surface area contributed by atoms with E-state index in [0.717, 1.165) is 27.5 Å². The molecule has 0 aliphatic heterocycles. The van der Waals surface area contributed by atoms with E-state index in [9.17, 15) is 4.79 Å². The minimum Gasteiger partial charge on any atom is -0.459 e. The van der Waals surface area contributed by atoms with Gasteiger partial charge in [0.1, 0.15) is 6.10 Å². The number of ether oxygens (including phenoxy) is 1. The van der Waals surface area contributed by atoms with Gasteiger partial charge in [-0.2, -0.15) is 0 Å². The van der Waals surface area contributed by atoms with E-state index < -0.39 is 0 Å². The average Bonchev–Trinajstić information content (AvgIpc) is 3.00. The van der Waals surface area contributed by atoms with E-state index in [1.54, 1.807) is 0 Å². The Bertz CT molecular complexity index is 989. The molecule has 3 aromatic carbocycles. The fraction of sp³-hybridized carbons (Fsp3) is 0.0952. The fourth-order valence-electron chi connectivity index (χ4n) is 3.21. The maximum atomic E-state index is 11.0. The molecule has 24 heavy (non-hydrogen) atoms. The van der Waals surface area contributed by atoms with Crippen molar-refractivity contribution in [3.63, 3.8) is 0 Å². The van der Waals surface area contributed by atoms with Crippen LogP contribution in [0.4, 0.5) is 0 Å². The molecule has 1 heterocycles. The third-order valence-corrected chi connectivity index (χ3v) is 4.39. The van der Waals surface area contributed by atoms with Gasteiger partial charge in [-0.1, -0.05) is 54.6 Å². The third kappa shape index (κ3) is 2.65. The van der Waals surface area contributed by atoms with E-state index >= 15 is 0 Å². The van der Waals surface area contributed by atoms with E-state index in [2.05, 4.69) is 29.2 Å². The number of benzene rings is 3. The van der Waals surface area contributed by atoms with Crippen LogP contribution in [0.25, 0.3) is 21.8 Å². The summed E-state index contributed by atoms with van der Waals surface area (Å²) < 4.78 is 5.38. The van der Waals surface area contributed by atoms with Crippen LogP contribution >= 0.6 is 0 Å². The van der Waals surface area contributed by atoms with Gasteiger partial charge in [-0.25, -0.2) is 0 Å². The number of aromatic amines is 1. The van der Waals surface area contributed by atoms with Crippen molar-refractivity contribution < 1.29 is 9.53 Å². The Balaban J connectivity index is 1.77. The molecule has 1 N–H and O–H groups in total. The standard InChI is InChI=1S/C21H17NO2/c23-14-24-21(12-15-6-2-1-3-7-15)16-10-11-20-18(13-16)17-8-4-5-9-19(17)22-20/h1-11,13-14,21-22H,12H2. The Morgan fingerprint density at radius 3 is 2.46 bits per heavy atom. The second kappa shape index (κ2) is 6.20. The highest BCUT2D eigenvalue weighted by molar-refractivity contribution is 6.07. The molecule has 4 aromatic rings. The summed E-state index contributed by atoms with van der Waals surface area (Å²) in [4.78, 5) is 14.4. The van der Waals surface area contributed by atoms with Crippen molar-refractivity contribution >= 4 is 28.3 Å². The molecule has 3 nitrogen and oxygen atoms in total. The van der Waals surface area contributed by atoms with Gasteiger partial charge in [-0.05, 0) is 29.3 Å². The van der Waals surface area contributed by atoms with Crippen LogP contribution in [-0.2, 0) is 16.0 Å². The molecule has 0 saturated heterocycles. The lowest BCUT2D eigenvalue weighted by Crippen LogP contribution is -2.07. The summed E-state index contributed by atoms with van der Waals surface area (Å²) in [6.45, 7) is 0.535. The quantitative estimate of drug-likeness (QED) is 0.539. The van der Waals surface area contributed by atoms with Crippen molar-refractivity contribution in [3.8, 4) is 0 Å². The average molecular weight is 315 g/mol. The van der Waals surface area contributed by atoms with Gasteiger partial charge in [0.25, 0.3) is 6.47 Å². The van der Waals surface area contributed by atoms with Crippen LogP contribution in [0.15, 0.2) is 72.8 Å². The topological polar surface area (TPSA) is 42.1 Å². The number of carbonyl (C=O) groups excluding carboxylic acids is 1. The Labute approximate surface area is 139 Å². The van der Waals surface area contributed by atoms with Crippen LogP contribution < -0.4 is 0 Å². The molecular formula is C21H17NO2. The van der Waals surface area contributed by atoms with E-state index in [1.807, 2.05) is 48.5 Å². The molecule has 0 amide bonds. The van der Waals surface area contributed by atoms with Gasteiger partial charge in [0.05, 0.1) is 0 Å². The number of hydrogen-bond donors (Lipinski definition) is 1. The van der Waals surface area contributed by atoms with Crippen LogP contribution in [-0.4, -0.2) is 11.5 Å². The Hall–Kier alpha value is -3.07. The number of nitrogens with one attached hydrogen (secondary N) is 1. The number of fused-ring (bicyclic) bond motifs is 3. The predicted octanol–water partition coefficient (Wildman–Crippen LogP) is 4.78. The number of para-hydroxylation sites is 1. The first-order chi connectivity index (χ1) is 11.8. The minimum absolute atomic E-state index is 0.289. The zero-order valence-corrected chi connectivity index (χ0v) is 13.1. The number of rotatable bonds is 5. The highest BCUT2D eigenvalue weighted by Gasteiger charge is 2.15. The normalized spacial score (nSPS) is 12.3. The highest BCUT2D eigenvalue weighted by atomic mass is 16.5. The van der Waals surface area contributed by atoms with Gasteiger partial charge in [0.2, 0.25) is 0 Å². The van der Waals surface area contributed by atoms with Gasteiger partial charge >= 0.3 is 0 Å². The largest absolute Gasteiger partial charge is 0.459 e. The summed E-state index contributed by atoms with van der Waals surface area (Å²) >= 11 is 0. The number of aromatic nitrogens is 1. The number of carbonyl (C=O) groups is 1. The fourth-order valence-corrected chi connectivity index (χ4v) is 3.21. The summed E-state index contributed by atoms with van der Waals surface area (Å²) in [7, 11) is 0. The van der Waals surface area contributed by atoms with Crippen molar-refractivity contribution in [1.29, 1.82) is 0 Å². The second-order valence-corrected chi connectivity index (χ2v) is 5.89. The van der Waals surface area contributed by atoms with Crippen molar-refractivity contribution in [2.75, 3.05) is 0 Å². The van der Waals surface area contributed by atoms with Crippen LogP contribution in [0.5, 0.6) is 0 Å². The van der Waals surface area contributed by atoms with E-state index in [-0.39, 0.29) is 6.10 Å². The SMILES string of the molecule is O=COC(Cc1ccccc1)c1ccc2[nH]c3ccccc3c2c1. The van der Waals surface area contributed by atoms with Crippen molar-refractivity contribution in [2.24, 2.45) is 0 Å². The number of hydrogen-bond acceptors (Lipinski definition) is 2. The van der Waals surface area contributed by atoms with Crippen molar-refractivity contribution in [1.82, 2.24) is 4.98 Å². The maximum absolute atomic E-state index is 11.0. The summed E-state index contributed by atoms with van der Waals surface area (Å²) in [5.74, 6) is 0. The van der Waals surface area contributed by atoms with Crippen molar-refractivity contribution in [2.45, 2.75) is 12.5 Å². The van der Waals surface area contributed by atoms with Crippen LogP contribution in [0.3, 0.4) is 0 Å². The van der Waals surface area contributed by atoms with E-state index in [4.69, 9.17) is 4.74 Å². The molecule has 3 heteroatoms. The maximum Gasteiger partial charge on any atom is 0.293 e. The van der Waals surface area contributed by atoms with Gasteiger partial charge < -0.3 is 9.72 Å². The van der Waals surface area contributed by atoms with E-state index in [0.29, 0.717) is 12.9 Å². The first-order valence-corrected chi connectivity index (χ1v) is 7.98. The molecule has 1 aromatic heterocycles. The van der Waals surface area contributed by atoms with Gasteiger partial charge in [-0.15, -0.1) is 0 Å². The molecule has 1 atom stereocenters. The second-order valence-electron chi connectivity index (χ2n) is 5.89. The van der Waals surface area contributed by atoms with Crippen LogP contribution in [0.1, 0.15) is 17.2 Å². The van der Waals surface area contributed by atoms with Crippen LogP contribution in [0, 0.1) is 0 Å². The molecule has 118 valence electrons. The van der Waals surface area contributed by atoms with Gasteiger partial charge in [-0.3, -0.25) is 4.79 Å². The molecule has 0 saturated carbocycles. The lowest BCUT2D eigenvalue weighted by Gasteiger charge is -2.16. The predicted molar refractivity (Wildman–Crippen MR) is 95.8 cm³/mol. The molecular weight excluding hydrogens is 298 g/mol. The first-order valence-electron chi connectivity index (χ1n) is 7.98. The molecule has 0 radical (unpaired) electrons. The van der Waals surface area contributed by atoms with E-state index in [1.165, 1.54) is 5.39 Å². The Kier molecular flexibility index (Phi) is 3.75. The third-order valence-electron chi connectivity index (χ3n) is 4.39. The molecule has 0 fully saturated rings. The smallest absolute Gasteiger partial charge is 0.293 e. The molecule has 0 spiro atoms. The molecule has 0 aliphatic carbocycles. The molecule has 1 unspecified atom stereocenters. The van der Waals surface area contributed by atoms with Gasteiger partial charge in [0, 0.05) is 28.2 Å². The first kappa shape index (κ1) is 14.5. The zero-order valence-electron chi connectivity index (χ0n) is 13.1. The summed E-state index contributed by atoms with van der Waals surface area (Å²) in [6.07, 6.45) is 0.371. The summed E-state index contributed by atoms with van der Waals surface area (Å²) in [5.41, 5.74) is 4.34. The lowest BCUT2D eigenvalue weighted by molar-refractivity contribution is -0.133. The molecule has 0 aliphatic rings. The summed E-state index contributed by atoms with van der Waals surface area (Å²) in [5, 5.41) is 2.33. The van der Waals surface area contributed by atoms with Crippen molar-refractivity contribution in [3.05, 3.63) is 83.9 Å². The minimum atomic E-state index is -0.289. The highest BCUT2D eigenvalue weighted by Crippen LogP contribution is 2.30. The molecule has 4 rings (SSSR count).